The Morgan fingerprint density at radius 3 is 2.36 bits per heavy atom. The molecule has 0 unspecified atom stereocenters. The summed E-state index contributed by atoms with van der Waals surface area (Å²) in [5.74, 6) is 0. The largest absolute Gasteiger partial charge is 0.326 e. The van der Waals surface area contributed by atoms with Crippen LogP contribution in [0.5, 0.6) is 0 Å². The summed E-state index contributed by atoms with van der Waals surface area (Å²) in [5.41, 5.74) is -0.129. The Morgan fingerprint density at radius 2 is 2.00 bits per heavy atom. The fraction of sp³-hybridized carbons (Fsp3) is 0.364. The van der Waals surface area contributed by atoms with Crippen LogP contribution in [0.15, 0.2) is 16.9 Å². The number of aromatic amines is 1. The van der Waals surface area contributed by atoms with Crippen molar-refractivity contribution in [3.63, 3.8) is 0 Å². The van der Waals surface area contributed by atoms with E-state index in [1.165, 1.54) is 4.57 Å². The molecule has 1 aromatic rings. The van der Waals surface area contributed by atoms with Crippen LogP contribution in [0.1, 0.15) is 20.8 Å². The summed E-state index contributed by atoms with van der Waals surface area (Å²) in [4.78, 5) is 13.7. The zero-order valence-electron chi connectivity index (χ0n) is 9.29. The predicted molar refractivity (Wildman–Crippen MR) is 61.4 cm³/mol. The summed E-state index contributed by atoms with van der Waals surface area (Å²) in [5, 5.41) is 1.47. The number of rotatable bonds is 1. The lowest BCUT2D eigenvalue weighted by atomic mass is 10.4. The molecule has 0 fully saturated rings. The van der Waals surface area contributed by atoms with Crippen molar-refractivity contribution in [1.29, 1.82) is 0 Å². The molecule has 0 saturated heterocycles. The topological polar surface area (TPSA) is 37.8 Å². The van der Waals surface area contributed by atoms with Crippen molar-refractivity contribution in [2.45, 2.75) is 20.8 Å². The van der Waals surface area contributed by atoms with Crippen LogP contribution in [0.3, 0.4) is 0 Å². The zero-order valence-corrected chi connectivity index (χ0v) is 9.29. The summed E-state index contributed by atoms with van der Waals surface area (Å²) >= 11 is 0. The van der Waals surface area contributed by atoms with Crippen molar-refractivity contribution in [3.05, 3.63) is 33.3 Å². The first kappa shape index (κ1) is 12.5. The SMILES string of the molecule is C=c1[nH]c(=O)n(C)/c1=C/C=C\C.CC. The van der Waals surface area contributed by atoms with Crippen LogP contribution in [0.2, 0.25) is 0 Å². The minimum absolute atomic E-state index is 0.129. The van der Waals surface area contributed by atoms with Crippen LogP contribution in [0.25, 0.3) is 12.7 Å². The van der Waals surface area contributed by atoms with E-state index in [0.29, 0.717) is 5.35 Å². The maximum atomic E-state index is 11.0. The molecule has 0 bridgehead atoms. The quantitative estimate of drug-likeness (QED) is 0.695. The van der Waals surface area contributed by atoms with Gasteiger partial charge < -0.3 is 4.98 Å². The molecule has 1 aromatic heterocycles. The fourth-order valence-corrected chi connectivity index (χ4v) is 0.989. The normalized spacial score (nSPS) is 11.6. The minimum atomic E-state index is -0.129. The van der Waals surface area contributed by atoms with Gasteiger partial charge in [-0.15, -0.1) is 0 Å². The second kappa shape index (κ2) is 6.02. The molecule has 78 valence electrons. The Balaban J connectivity index is 0.000000791. The van der Waals surface area contributed by atoms with E-state index in [2.05, 4.69) is 11.6 Å². The summed E-state index contributed by atoms with van der Waals surface area (Å²) < 4.78 is 1.53. The van der Waals surface area contributed by atoms with Gasteiger partial charge in [-0.2, -0.15) is 0 Å². The number of aromatic nitrogens is 2. The molecule has 0 aliphatic rings. The van der Waals surface area contributed by atoms with E-state index in [9.17, 15) is 4.79 Å². The lowest BCUT2D eigenvalue weighted by Gasteiger charge is -1.84. The van der Waals surface area contributed by atoms with Crippen molar-refractivity contribution in [2.75, 3.05) is 0 Å². The van der Waals surface area contributed by atoms with Crippen molar-refractivity contribution in [1.82, 2.24) is 9.55 Å². The molecule has 14 heavy (non-hydrogen) atoms. The third-order valence-corrected chi connectivity index (χ3v) is 1.68. The highest BCUT2D eigenvalue weighted by molar-refractivity contribution is 5.34. The van der Waals surface area contributed by atoms with Gasteiger partial charge in [0.1, 0.15) is 0 Å². The molecule has 0 aromatic carbocycles. The first-order chi connectivity index (χ1) is 6.66. The van der Waals surface area contributed by atoms with Crippen LogP contribution in [-0.4, -0.2) is 9.55 Å². The molecule has 1 heterocycles. The first-order valence-corrected chi connectivity index (χ1v) is 4.73. The molecule has 3 nitrogen and oxygen atoms in total. The van der Waals surface area contributed by atoms with E-state index in [4.69, 9.17) is 0 Å². The van der Waals surface area contributed by atoms with Crippen molar-refractivity contribution in [2.24, 2.45) is 7.05 Å². The van der Waals surface area contributed by atoms with Gasteiger partial charge in [0.15, 0.2) is 0 Å². The van der Waals surface area contributed by atoms with Crippen molar-refractivity contribution >= 4 is 12.7 Å². The van der Waals surface area contributed by atoms with Crippen LogP contribution in [0, 0.1) is 0 Å². The van der Waals surface area contributed by atoms with Crippen LogP contribution in [-0.2, 0) is 7.05 Å². The Morgan fingerprint density at radius 1 is 1.43 bits per heavy atom. The molecule has 0 spiro atoms. The summed E-state index contributed by atoms with van der Waals surface area (Å²) in [6.07, 6.45) is 5.62. The smallest absolute Gasteiger partial charge is 0.306 e. The van der Waals surface area contributed by atoms with Gasteiger partial charge in [0.05, 0.1) is 10.7 Å². The number of imidazole rings is 1. The first-order valence-electron chi connectivity index (χ1n) is 4.73. The van der Waals surface area contributed by atoms with Gasteiger partial charge in [0.25, 0.3) is 0 Å². The molecule has 0 atom stereocenters. The second-order valence-corrected chi connectivity index (χ2v) is 2.55. The molecular formula is C11H18N2O. The maximum Gasteiger partial charge on any atom is 0.326 e. The van der Waals surface area contributed by atoms with Crippen molar-refractivity contribution in [3.8, 4) is 0 Å². The van der Waals surface area contributed by atoms with E-state index in [-0.39, 0.29) is 5.69 Å². The average Bonchev–Trinajstić information content (AvgIpc) is 2.43. The Labute approximate surface area is 84.1 Å². The molecule has 0 aliphatic heterocycles. The fourth-order valence-electron chi connectivity index (χ4n) is 0.989. The summed E-state index contributed by atoms with van der Waals surface area (Å²) in [7, 11) is 1.71. The summed E-state index contributed by atoms with van der Waals surface area (Å²) in [6, 6.07) is 0. The van der Waals surface area contributed by atoms with Gasteiger partial charge in [-0.3, -0.25) is 4.57 Å². The molecule has 1 rings (SSSR count). The molecule has 3 heteroatoms. The van der Waals surface area contributed by atoms with Gasteiger partial charge >= 0.3 is 5.69 Å². The van der Waals surface area contributed by atoms with E-state index in [1.807, 2.05) is 39.0 Å². The molecule has 0 aliphatic carbocycles. The lowest BCUT2D eigenvalue weighted by Crippen LogP contribution is -2.28. The van der Waals surface area contributed by atoms with E-state index >= 15 is 0 Å². The highest BCUT2D eigenvalue weighted by Crippen LogP contribution is 1.68. The molecule has 1 N–H and O–H groups in total. The molecule has 0 saturated carbocycles. The highest BCUT2D eigenvalue weighted by atomic mass is 16.1. The third kappa shape index (κ3) is 2.76. The van der Waals surface area contributed by atoms with E-state index in [0.717, 1.165) is 5.35 Å². The number of nitrogens with one attached hydrogen (secondary N) is 1. The van der Waals surface area contributed by atoms with Gasteiger partial charge in [0.2, 0.25) is 0 Å². The van der Waals surface area contributed by atoms with Crippen LogP contribution < -0.4 is 16.4 Å². The number of hydrogen-bond donors (Lipinski definition) is 1. The summed E-state index contributed by atoms with van der Waals surface area (Å²) in [6.45, 7) is 9.63. The van der Waals surface area contributed by atoms with E-state index in [1.54, 1.807) is 7.05 Å². The van der Waals surface area contributed by atoms with Gasteiger partial charge in [0, 0.05) is 7.05 Å². The Kier molecular flexibility index (Phi) is 5.37. The van der Waals surface area contributed by atoms with Gasteiger partial charge in [-0.1, -0.05) is 32.6 Å². The highest BCUT2D eigenvalue weighted by Gasteiger charge is 1.92. The monoisotopic (exact) mass is 194 g/mol. The van der Waals surface area contributed by atoms with E-state index < -0.39 is 0 Å². The molecule has 0 radical (unpaired) electrons. The number of nitrogens with zero attached hydrogens (tertiary/aromatic N) is 1. The van der Waals surface area contributed by atoms with Crippen LogP contribution >= 0.6 is 0 Å². The maximum absolute atomic E-state index is 11.0. The van der Waals surface area contributed by atoms with Crippen molar-refractivity contribution < 1.29 is 0 Å². The Hall–Kier alpha value is -1.51. The molecule has 0 amide bonds. The number of H-pyrrole nitrogens is 1. The number of allylic oxidation sites excluding steroid dienone is 2. The number of hydrogen-bond acceptors (Lipinski definition) is 1. The standard InChI is InChI=1S/C9H12N2O.C2H6/c1-4-5-6-8-7(2)10-9(12)11(8)3;1-2/h4-6H,2H2,1,3H3,(H,10,12);1-2H3/b5-4-,8-6+;. The molecular weight excluding hydrogens is 176 g/mol. The van der Waals surface area contributed by atoms with Gasteiger partial charge in [-0.25, -0.2) is 4.79 Å². The third-order valence-electron chi connectivity index (χ3n) is 1.68. The minimum Gasteiger partial charge on any atom is -0.306 e. The predicted octanol–water partition coefficient (Wildman–Crippen LogP) is 0.506. The zero-order chi connectivity index (χ0) is 11.1. The van der Waals surface area contributed by atoms with Gasteiger partial charge in [-0.05, 0) is 13.0 Å². The van der Waals surface area contributed by atoms with Crippen LogP contribution in [0.4, 0.5) is 0 Å². The second-order valence-electron chi connectivity index (χ2n) is 2.55. The Bertz CT molecular complexity index is 449. The average molecular weight is 194 g/mol. The lowest BCUT2D eigenvalue weighted by molar-refractivity contribution is 0.836.